The van der Waals surface area contributed by atoms with Gasteiger partial charge in [0.15, 0.2) is 6.04 Å². The standard InChI is InChI=1S/C14H18N2O5S/c1-22(20,21)15-8-6-12(17)16-9-7-10-4-2-3-5-11(10)13(16)14(18)19/h2-5,13,15H,6-9H2,1H3,(H,18,19). The van der Waals surface area contributed by atoms with Crippen LogP contribution in [-0.4, -0.2) is 49.6 Å². The summed E-state index contributed by atoms with van der Waals surface area (Å²) in [5.41, 5.74) is 1.54. The van der Waals surface area contributed by atoms with E-state index >= 15 is 0 Å². The lowest BCUT2D eigenvalue weighted by Gasteiger charge is -2.34. The second kappa shape index (κ2) is 6.45. The van der Waals surface area contributed by atoms with E-state index in [9.17, 15) is 23.1 Å². The van der Waals surface area contributed by atoms with Crippen LogP contribution in [0.1, 0.15) is 23.6 Å². The molecule has 2 N–H and O–H groups in total. The summed E-state index contributed by atoms with van der Waals surface area (Å²) >= 11 is 0. The number of carbonyl (C=O) groups is 2. The van der Waals surface area contributed by atoms with Crippen molar-refractivity contribution in [2.75, 3.05) is 19.3 Å². The SMILES string of the molecule is CS(=O)(=O)NCCC(=O)N1CCc2ccccc2C1C(=O)O. The van der Waals surface area contributed by atoms with Crippen LogP contribution in [0.2, 0.25) is 0 Å². The lowest BCUT2D eigenvalue weighted by atomic mass is 9.92. The van der Waals surface area contributed by atoms with E-state index in [1.54, 1.807) is 12.1 Å². The highest BCUT2D eigenvalue weighted by atomic mass is 32.2. The number of aliphatic carboxylic acids is 1. The molecule has 22 heavy (non-hydrogen) atoms. The number of rotatable bonds is 5. The summed E-state index contributed by atoms with van der Waals surface area (Å²) in [6.07, 6.45) is 1.53. The van der Waals surface area contributed by atoms with Crippen LogP contribution in [-0.2, 0) is 26.0 Å². The van der Waals surface area contributed by atoms with E-state index in [1.165, 1.54) is 4.90 Å². The van der Waals surface area contributed by atoms with Crippen molar-refractivity contribution in [2.24, 2.45) is 0 Å². The number of carboxylic acids is 1. The minimum Gasteiger partial charge on any atom is -0.479 e. The average molecular weight is 326 g/mol. The number of nitrogens with zero attached hydrogens (tertiary/aromatic N) is 1. The Kier molecular flexibility index (Phi) is 4.82. The highest BCUT2D eigenvalue weighted by molar-refractivity contribution is 7.88. The number of nitrogens with one attached hydrogen (secondary N) is 1. The molecule has 1 aromatic carbocycles. The van der Waals surface area contributed by atoms with Crippen LogP contribution in [0, 0.1) is 0 Å². The van der Waals surface area contributed by atoms with E-state index in [-0.39, 0.29) is 18.9 Å². The quantitative estimate of drug-likeness (QED) is 0.801. The molecule has 1 unspecified atom stereocenters. The lowest BCUT2D eigenvalue weighted by Crippen LogP contribution is -2.44. The van der Waals surface area contributed by atoms with E-state index in [0.29, 0.717) is 18.5 Å². The van der Waals surface area contributed by atoms with E-state index < -0.39 is 22.0 Å². The molecule has 1 aliphatic heterocycles. The number of hydrogen-bond acceptors (Lipinski definition) is 4. The summed E-state index contributed by atoms with van der Waals surface area (Å²) in [6, 6.07) is 6.13. The van der Waals surface area contributed by atoms with Gasteiger partial charge in [-0.2, -0.15) is 0 Å². The number of benzene rings is 1. The van der Waals surface area contributed by atoms with Crippen LogP contribution in [0.5, 0.6) is 0 Å². The van der Waals surface area contributed by atoms with E-state index in [2.05, 4.69) is 4.72 Å². The van der Waals surface area contributed by atoms with Gasteiger partial charge in [0.25, 0.3) is 0 Å². The number of hydrogen-bond donors (Lipinski definition) is 2. The Bertz CT molecular complexity index is 686. The van der Waals surface area contributed by atoms with Gasteiger partial charge in [0.2, 0.25) is 15.9 Å². The largest absolute Gasteiger partial charge is 0.479 e. The summed E-state index contributed by atoms with van der Waals surface area (Å²) in [5.74, 6) is -1.46. The van der Waals surface area contributed by atoms with Gasteiger partial charge in [-0.05, 0) is 17.5 Å². The summed E-state index contributed by atoms with van der Waals surface area (Å²) in [7, 11) is -3.37. The van der Waals surface area contributed by atoms with Gasteiger partial charge >= 0.3 is 5.97 Å². The van der Waals surface area contributed by atoms with Gasteiger partial charge in [-0.15, -0.1) is 0 Å². The second-order valence-electron chi connectivity index (χ2n) is 5.19. The maximum atomic E-state index is 12.2. The van der Waals surface area contributed by atoms with Gasteiger partial charge in [0.1, 0.15) is 0 Å². The fourth-order valence-electron chi connectivity index (χ4n) is 2.59. The first kappa shape index (κ1) is 16.4. The van der Waals surface area contributed by atoms with Gasteiger partial charge in [-0.1, -0.05) is 24.3 Å². The topological polar surface area (TPSA) is 104 Å². The molecule has 8 heteroatoms. The average Bonchev–Trinajstić information content (AvgIpc) is 2.44. The molecule has 0 bridgehead atoms. The molecule has 0 aliphatic carbocycles. The second-order valence-corrected chi connectivity index (χ2v) is 7.03. The minimum atomic E-state index is -3.37. The maximum Gasteiger partial charge on any atom is 0.331 e. The molecular weight excluding hydrogens is 308 g/mol. The summed E-state index contributed by atoms with van der Waals surface area (Å²) in [4.78, 5) is 25.1. The third-order valence-electron chi connectivity index (χ3n) is 3.54. The monoisotopic (exact) mass is 326 g/mol. The van der Waals surface area contributed by atoms with Crippen LogP contribution in [0.4, 0.5) is 0 Å². The number of carbonyl (C=O) groups excluding carboxylic acids is 1. The summed E-state index contributed by atoms with van der Waals surface area (Å²) in [5, 5.41) is 9.45. The molecule has 0 spiro atoms. The molecule has 1 heterocycles. The Hall–Kier alpha value is -1.93. The van der Waals surface area contributed by atoms with Crippen molar-refractivity contribution in [1.82, 2.24) is 9.62 Å². The van der Waals surface area contributed by atoms with Crippen LogP contribution >= 0.6 is 0 Å². The highest BCUT2D eigenvalue weighted by Crippen LogP contribution is 2.30. The van der Waals surface area contributed by atoms with E-state index in [1.807, 2.05) is 12.1 Å². The zero-order chi connectivity index (χ0) is 16.3. The zero-order valence-corrected chi connectivity index (χ0v) is 13.0. The fraction of sp³-hybridized carbons (Fsp3) is 0.429. The normalized spacial score (nSPS) is 17.9. The van der Waals surface area contributed by atoms with Crippen molar-refractivity contribution in [1.29, 1.82) is 0 Å². The minimum absolute atomic E-state index is 0.0395. The van der Waals surface area contributed by atoms with Gasteiger partial charge in [-0.25, -0.2) is 17.9 Å². The summed E-state index contributed by atoms with van der Waals surface area (Å²) < 4.78 is 24.2. The molecule has 0 fully saturated rings. The maximum absolute atomic E-state index is 12.2. The lowest BCUT2D eigenvalue weighted by molar-refractivity contribution is -0.151. The Morgan fingerprint density at radius 2 is 2.05 bits per heavy atom. The molecule has 1 aromatic rings. The first-order valence-electron chi connectivity index (χ1n) is 6.84. The molecular formula is C14H18N2O5S. The van der Waals surface area contributed by atoms with Crippen LogP contribution < -0.4 is 4.72 Å². The number of carboxylic acid groups (broad SMARTS) is 1. The Balaban J connectivity index is 2.13. The molecule has 0 aromatic heterocycles. The van der Waals surface area contributed by atoms with Crippen molar-refractivity contribution < 1.29 is 23.1 Å². The fourth-order valence-corrected chi connectivity index (χ4v) is 3.06. The predicted molar refractivity (Wildman–Crippen MR) is 79.7 cm³/mol. The third kappa shape index (κ3) is 3.83. The third-order valence-corrected chi connectivity index (χ3v) is 4.27. The molecule has 1 atom stereocenters. The molecule has 0 radical (unpaired) electrons. The van der Waals surface area contributed by atoms with Gasteiger partial charge < -0.3 is 10.0 Å². The number of fused-ring (bicyclic) bond motifs is 1. The molecule has 0 saturated heterocycles. The molecule has 1 amide bonds. The van der Waals surface area contributed by atoms with Crippen molar-refractivity contribution in [3.63, 3.8) is 0 Å². The highest BCUT2D eigenvalue weighted by Gasteiger charge is 2.35. The number of sulfonamides is 1. The van der Waals surface area contributed by atoms with Gasteiger partial charge in [0.05, 0.1) is 6.26 Å². The Morgan fingerprint density at radius 1 is 1.36 bits per heavy atom. The van der Waals surface area contributed by atoms with Crippen molar-refractivity contribution in [2.45, 2.75) is 18.9 Å². The summed E-state index contributed by atoms with van der Waals surface area (Å²) in [6.45, 7) is 0.272. The number of amides is 1. The molecule has 0 saturated carbocycles. The molecule has 2 rings (SSSR count). The first-order chi connectivity index (χ1) is 10.3. The molecule has 1 aliphatic rings. The van der Waals surface area contributed by atoms with E-state index in [4.69, 9.17) is 0 Å². The van der Waals surface area contributed by atoms with Crippen molar-refractivity contribution >= 4 is 21.9 Å². The Labute approximate surface area is 129 Å². The first-order valence-corrected chi connectivity index (χ1v) is 8.73. The van der Waals surface area contributed by atoms with Crippen LogP contribution in [0.15, 0.2) is 24.3 Å². The van der Waals surface area contributed by atoms with Crippen LogP contribution in [0.3, 0.4) is 0 Å². The smallest absolute Gasteiger partial charge is 0.331 e. The van der Waals surface area contributed by atoms with Gasteiger partial charge in [0, 0.05) is 19.5 Å². The van der Waals surface area contributed by atoms with Gasteiger partial charge in [-0.3, -0.25) is 4.79 Å². The van der Waals surface area contributed by atoms with Crippen molar-refractivity contribution in [3.05, 3.63) is 35.4 Å². The predicted octanol–water partition coefficient (Wildman–Crippen LogP) is 0.136. The van der Waals surface area contributed by atoms with Crippen molar-refractivity contribution in [3.8, 4) is 0 Å². The Morgan fingerprint density at radius 3 is 2.68 bits per heavy atom. The zero-order valence-electron chi connectivity index (χ0n) is 12.2. The molecule has 120 valence electrons. The van der Waals surface area contributed by atoms with Crippen LogP contribution in [0.25, 0.3) is 0 Å². The van der Waals surface area contributed by atoms with E-state index in [0.717, 1.165) is 11.8 Å². The molecule has 7 nitrogen and oxygen atoms in total.